The molecule has 1 heterocycles. The number of hydrogen-bond acceptors (Lipinski definition) is 4. The molecule has 24 heavy (non-hydrogen) atoms. The SMILES string of the molecule is O=C(OCC(=O)N1c2ccccc2Sc2ccc(Cl)cc21)C1CC1. The van der Waals surface area contributed by atoms with Crippen LogP contribution in [0.5, 0.6) is 0 Å². The van der Waals surface area contributed by atoms with Crippen molar-refractivity contribution < 1.29 is 14.3 Å². The van der Waals surface area contributed by atoms with Gasteiger partial charge in [0.1, 0.15) is 0 Å². The van der Waals surface area contributed by atoms with Gasteiger partial charge in [-0.15, -0.1) is 0 Å². The molecule has 0 atom stereocenters. The lowest BCUT2D eigenvalue weighted by molar-refractivity contribution is -0.149. The number of carbonyl (C=O) groups is 2. The topological polar surface area (TPSA) is 46.6 Å². The molecule has 2 aromatic rings. The van der Waals surface area contributed by atoms with Crippen LogP contribution in [0.2, 0.25) is 5.02 Å². The number of esters is 1. The minimum absolute atomic E-state index is 0.0243. The van der Waals surface area contributed by atoms with E-state index in [0.29, 0.717) is 5.02 Å². The molecular weight excluding hydrogens is 346 g/mol. The number of anilines is 2. The number of nitrogens with zero attached hydrogens (tertiary/aromatic N) is 1. The lowest BCUT2D eigenvalue weighted by Crippen LogP contribution is -2.32. The van der Waals surface area contributed by atoms with Crippen molar-refractivity contribution in [1.82, 2.24) is 0 Å². The third-order valence-corrected chi connectivity index (χ3v) is 5.35. The number of ether oxygens (including phenoxy) is 1. The van der Waals surface area contributed by atoms with Crippen LogP contribution in [0.25, 0.3) is 0 Å². The van der Waals surface area contributed by atoms with E-state index in [1.54, 1.807) is 28.8 Å². The Labute approximate surface area is 148 Å². The van der Waals surface area contributed by atoms with Gasteiger partial charge in [-0.2, -0.15) is 0 Å². The summed E-state index contributed by atoms with van der Waals surface area (Å²) in [5.41, 5.74) is 1.50. The second kappa shape index (κ2) is 6.15. The third-order valence-electron chi connectivity index (χ3n) is 3.99. The van der Waals surface area contributed by atoms with Crippen LogP contribution < -0.4 is 4.90 Å². The first-order chi connectivity index (χ1) is 11.6. The first-order valence-electron chi connectivity index (χ1n) is 7.69. The largest absolute Gasteiger partial charge is 0.455 e. The summed E-state index contributed by atoms with van der Waals surface area (Å²) in [4.78, 5) is 28.0. The summed E-state index contributed by atoms with van der Waals surface area (Å²) >= 11 is 7.71. The molecule has 4 rings (SSSR count). The second-order valence-corrected chi connectivity index (χ2v) is 7.31. The van der Waals surface area contributed by atoms with Crippen molar-refractivity contribution in [3.05, 3.63) is 47.5 Å². The summed E-state index contributed by atoms with van der Waals surface area (Å²) in [5, 5.41) is 0.557. The smallest absolute Gasteiger partial charge is 0.309 e. The van der Waals surface area contributed by atoms with Crippen LogP contribution in [0.4, 0.5) is 11.4 Å². The molecule has 1 amide bonds. The molecule has 2 aliphatic rings. The van der Waals surface area contributed by atoms with Gasteiger partial charge in [0.25, 0.3) is 5.91 Å². The summed E-state index contributed by atoms with van der Waals surface area (Å²) in [7, 11) is 0. The number of amides is 1. The van der Waals surface area contributed by atoms with Crippen LogP contribution in [0.1, 0.15) is 12.8 Å². The highest BCUT2D eigenvalue weighted by Crippen LogP contribution is 2.48. The molecule has 1 saturated carbocycles. The molecule has 4 nitrogen and oxygen atoms in total. The van der Waals surface area contributed by atoms with Gasteiger partial charge < -0.3 is 4.74 Å². The third kappa shape index (κ3) is 2.89. The minimum Gasteiger partial charge on any atom is -0.455 e. The first kappa shape index (κ1) is 15.5. The van der Waals surface area contributed by atoms with Crippen LogP contribution >= 0.6 is 23.4 Å². The van der Waals surface area contributed by atoms with Crippen molar-refractivity contribution in [3.63, 3.8) is 0 Å². The maximum atomic E-state index is 12.8. The molecule has 122 valence electrons. The van der Waals surface area contributed by atoms with Gasteiger partial charge in [-0.05, 0) is 43.2 Å². The predicted octanol–water partition coefficient (Wildman–Crippen LogP) is 4.42. The van der Waals surface area contributed by atoms with Gasteiger partial charge in [0, 0.05) is 14.8 Å². The quantitative estimate of drug-likeness (QED) is 0.761. The maximum Gasteiger partial charge on any atom is 0.309 e. The van der Waals surface area contributed by atoms with Crippen LogP contribution in [-0.2, 0) is 14.3 Å². The highest BCUT2D eigenvalue weighted by Gasteiger charge is 2.33. The number of carbonyl (C=O) groups excluding carboxylic acids is 2. The lowest BCUT2D eigenvalue weighted by Gasteiger charge is -2.31. The number of para-hydroxylation sites is 1. The minimum atomic E-state index is -0.283. The average molecular weight is 360 g/mol. The molecule has 1 aliphatic carbocycles. The zero-order valence-electron chi connectivity index (χ0n) is 12.7. The molecule has 0 aromatic heterocycles. The first-order valence-corrected chi connectivity index (χ1v) is 8.89. The Bertz CT molecular complexity index is 835. The van der Waals surface area contributed by atoms with Gasteiger partial charge in [0.05, 0.1) is 17.3 Å². The normalized spacial score (nSPS) is 15.5. The number of fused-ring (bicyclic) bond motifs is 2. The molecule has 1 aliphatic heterocycles. The Hall–Kier alpha value is -1.98. The Kier molecular flexibility index (Phi) is 3.98. The van der Waals surface area contributed by atoms with Gasteiger partial charge in [0.15, 0.2) is 6.61 Å². The van der Waals surface area contributed by atoms with E-state index in [9.17, 15) is 9.59 Å². The highest BCUT2D eigenvalue weighted by molar-refractivity contribution is 7.99. The second-order valence-electron chi connectivity index (χ2n) is 5.79. The lowest BCUT2D eigenvalue weighted by atomic mass is 10.2. The maximum absolute atomic E-state index is 12.8. The summed E-state index contributed by atoms with van der Waals surface area (Å²) in [6, 6.07) is 13.1. The van der Waals surface area contributed by atoms with Gasteiger partial charge in [0.2, 0.25) is 0 Å². The molecule has 6 heteroatoms. The molecule has 0 saturated heterocycles. The van der Waals surface area contributed by atoms with E-state index in [4.69, 9.17) is 16.3 Å². The summed E-state index contributed by atoms with van der Waals surface area (Å²) in [5.74, 6) is -0.585. The van der Waals surface area contributed by atoms with Crippen LogP contribution in [0, 0.1) is 5.92 Å². The van der Waals surface area contributed by atoms with E-state index >= 15 is 0 Å². The fourth-order valence-corrected chi connectivity index (χ4v) is 3.84. The van der Waals surface area contributed by atoms with E-state index < -0.39 is 0 Å². The van der Waals surface area contributed by atoms with Gasteiger partial charge in [-0.25, -0.2) is 0 Å². The molecule has 0 radical (unpaired) electrons. The van der Waals surface area contributed by atoms with Crippen molar-refractivity contribution in [2.75, 3.05) is 11.5 Å². The van der Waals surface area contributed by atoms with E-state index in [1.807, 2.05) is 30.3 Å². The molecule has 1 fully saturated rings. The van der Waals surface area contributed by atoms with E-state index in [-0.39, 0.29) is 24.4 Å². The van der Waals surface area contributed by atoms with Gasteiger partial charge >= 0.3 is 5.97 Å². The number of halogens is 1. The number of hydrogen-bond donors (Lipinski definition) is 0. The van der Waals surface area contributed by atoms with E-state index in [0.717, 1.165) is 34.0 Å². The fourth-order valence-electron chi connectivity index (χ4n) is 2.63. The Balaban J connectivity index is 1.66. The van der Waals surface area contributed by atoms with Crippen LogP contribution in [0.15, 0.2) is 52.3 Å². The molecular formula is C18H14ClNO3S. The summed E-state index contributed by atoms with van der Waals surface area (Å²) in [6.45, 7) is -0.264. The highest BCUT2D eigenvalue weighted by atomic mass is 35.5. The van der Waals surface area contributed by atoms with Crippen molar-refractivity contribution in [3.8, 4) is 0 Å². The van der Waals surface area contributed by atoms with Gasteiger partial charge in [-0.1, -0.05) is 35.5 Å². The van der Waals surface area contributed by atoms with Crippen LogP contribution in [-0.4, -0.2) is 18.5 Å². The van der Waals surface area contributed by atoms with Crippen molar-refractivity contribution in [2.24, 2.45) is 5.92 Å². The Morgan fingerprint density at radius 2 is 1.88 bits per heavy atom. The Morgan fingerprint density at radius 1 is 1.12 bits per heavy atom. The predicted molar refractivity (Wildman–Crippen MR) is 92.8 cm³/mol. The number of rotatable bonds is 3. The summed E-state index contributed by atoms with van der Waals surface area (Å²) < 4.78 is 5.17. The Morgan fingerprint density at radius 3 is 2.67 bits per heavy atom. The average Bonchev–Trinajstić information content (AvgIpc) is 3.42. The zero-order chi connectivity index (χ0) is 16.7. The molecule has 0 spiro atoms. The molecule has 0 N–H and O–H groups in total. The van der Waals surface area contributed by atoms with Crippen molar-refractivity contribution in [2.45, 2.75) is 22.6 Å². The van der Waals surface area contributed by atoms with Crippen molar-refractivity contribution in [1.29, 1.82) is 0 Å². The zero-order valence-corrected chi connectivity index (χ0v) is 14.3. The van der Waals surface area contributed by atoms with Crippen molar-refractivity contribution >= 4 is 46.6 Å². The van der Waals surface area contributed by atoms with E-state index in [1.165, 1.54) is 0 Å². The fraction of sp³-hybridized carbons (Fsp3) is 0.222. The van der Waals surface area contributed by atoms with Gasteiger partial charge in [-0.3, -0.25) is 14.5 Å². The van der Waals surface area contributed by atoms with E-state index in [2.05, 4.69) is 0 Å². The molecule has 0 unspecified atom stereocenters. The molecule has 0 bridgehead atoms. The summed E-state index contributed by atoms with van der Waals surface area (Å²) in [6.07, 6.45) is 1.71. The monoisotopic (exact) mass is 359 g/mol. The number of benzene rings is 2. The van der Waals surface area contributed by atoms with Crippen LogP contribution in [0.3, 0.4) is 0 Å². The standard InChI is InChI=1S/C18H14ClNO3S/c19-12-7-8-16-14(9-12)20(13-3-1-2-4-15(13)24-16)17(21)10-23-18(22)11-5-6-11/h1-4,7-9,11H,5-6,10H2. The molecule has 2 aromatic carbocycles.